The van der Waals surface area contributed by atoms with Gasteiger partial charge in [0.15, 0.2) is 11.3 Å². The number of primary amides is 1. The first-order chi connectivity index (χ1) is 16.6. The van der Waals surface area contributed by atoms with E-state index < -0.39 is 12.0 Å². The van der Waals surface area contributed by atoms with Gasteiger partial charge in [0, 0.05) is 11.1 Å². The summed E-state index contributed by atoms with van der Waals surface area (Å²) >= 11 is 1.24. The molecule has 0 saturated carbocycles. The number of nitrogens with zero attached hydrogens (tertiary/aromatic N) is 3. The van der Waals surface area contributed by atoms with Gasteiger partial charge in [-0.1, -0.05) is 54.2 Å². The second kappa shape index (κ2) is 9.40. The molecular formula is C25H21N5O3S. The highest BCUT2D eigenvalue weighted by atomic mass is 32.2. The van der Waals surface area contributed by atoms with E-state index >= 15 is 0 Å². The number of amides is 2. The van der Waals surface area contributed by atoms with Crippen LogP contribution in [0.2, 0.25) is 0 Å². The van der Waals surface area contributed by atoms with Gasteiger partial charge in [0.25, 0.3) is 5.91 Å². The summed E-state index contributed by atoms with van der Waals surface area (Å²) in [6, 6.07) is 24.5. The van der Waals surface area contributed by atoms with E-state index in [0.29, 0.717) is 22.4 Å². The first kappa shape index (κ1) is 21.7. The second-order valence-corrected chi connectivity index (χ2v) is 8.58. The number of aromatic nitrogens is 2. The summed E-state index contributed by atoms with van der Waals surface area (Å²) < 4.78 is 5.65. The highest BCUT2D eigenvalue weighted by molar-refractivity contribution is 7.99. The van der Waals surface area contributed by atoms with Crippen LogP contribution in [0, 0.1) is 0 Å². The van der Waals surface area contributed by atoms with Crippen LogP contribution >= 0.6 is 11.8 Å². The van der Waals surface area contributed by atoms with E-state index in [0.717, 1.165) is 16.6 Å². The average molecular weight is 472 g/mol. The number of nitrogens with one attached hydrogen (secondary N) is 1. The van der Waals surface area contributed by atoms with Crippen molar-refractivity contribution in [2.45, 2.75) is 11.3 Å². The summed E-state index contributed by atoms with van der Waals surface area (Å²) in [5, 5.41) is 4.70. The maximum Gasteiger partial charge on any atom is 0.260 e. The fourth-order valence-corrected chi connectivity index (χ4v) is 4.42. The number of hydrogen-bond donors (Lipinski definition) is 2. The van der Waals surface area contributed by atoms with E-state index in [1.807, 2.05) is 60.7 Å². The molecule has 1 atom stereocenters. The smallest absolute Gasteiger partial charge is 0.260 e. The lowest BCUT2D eigenvalue weighted by atomic mass is 10.2. The van der Waals surface area contributed by atoms with Crippen molar-refractivity contribution in [3.05, 3.63) is 78.9 Å². The Bertz CT molecular complexity index is 1370. The fourth-order valence-electron chi connectivity index (χ4n) is 3.70. The van der Waals surface area contributed by atoms with Gasteiger partial charge in [-0.2, -0.15) is 0 Å². The Kier molecular flexibility index (Phi) is 6.01. The molecule has 0 radical (unpaired) electrons. The number of carbonyl (C=O) groups is 2. The Balaban J connectivity index is 1.39. The van der Waals surface area contributed by atoms with Crippen molar-refractivity contribution >= 4 is 51.7 Å². The van der Waals surface area contributed by atoms with Gasteiger partial charge in [0.1, 0.15) is 11.6 Å². The number of ether oxygens (including phenoxy) is 1. The number of nitrogens with two attached hydrogens (primary N) is 1. The molecule has 1 aliphatic rings. The molecule has 8 nitrogen and oxygen atoms in total. The zero-order valence-electron chi connectivity index (χ0n) is 18.0. The summed E-state index contributed by atoms with van der Waals surface area (Å²) in [4.78, 5) is 35.7. The van der Waals surface area contributed by atoms with Crippen LogP contribution < -0.4 is 20.7 Å². The van der Waals surface area contributed by atoms with E-state index in [2.05, 4.69) is 15.3 Å². The number of hydrogen-bond acceptors (Lipinski definition) is 7. The Hall–Kier alpha value is -4.11. The SMILES string of the molecule is NC(=O)[C@H]1CN(C(=O)CSc2nc(Nc3ccccc3)c3ccccc3n2)c2ccccc2O1. The lowest BCUT2D eigenvalue weighted by Gasteiger charge is -2.33. The van der Waals surface area contributed by atoms with Crippen molar-refractivity contribution in [2.24, 2.45) is 5.73 Å². The molecule has 3 N–H and O–H groups in total. The van der Waals surface area contributed by atoms with Gasteiger partial charge in [0.2, 0.25) is 5.91 Å². The molecule has 9 heteroatoms. The lowest BCUT2D eigenvalue weighted by molar-refractivity contribution is -0.125. The van der Waals surface area contributed by atoms with Gasteiger partial charge < -0.3 is 20.7 Å². The number of rotatable bonds is 6. The van der Waals surface area contributed by atoms with Crippen LogP contribution in [0.3, 0.4) is 0 Å². The van der Waals surface area contributed by atoms with Crippen LogP contribution in [0.4, 0.5) is 17.2 Å². The second-order valence-electron chi connectivity index (χ2n) is 7.63. The van der Waals surface area contributed by atoms with Gasteiger partial charge in [-0.15, -0.1) is 0 Å². The van der Waals surface area contributed by atoms with E-state index in [9.17, 15) is 9.59 Å². The van der Waals surface area contributed by atoms with Gasteiger partial charge >= 0.3 is 0 Å². The number of benzene rings is 3. The molecule has 1 aliphatic heterocycles. The molecule has 0 unspecified atom stereocenters. The van der Waals surface area contributed by atoms with Crippen molar-refractivity contribution < 1.29 is 14.3 Å². The molecule has 0 bridgehead atoms. The van der Waals surface area contributed by atoms with Gasteiger partial charge in [-0.25, -0.2) is 9.97 Å². The van der Waals surface area contributed by atoms with Crippen LogP contribution in [0.1, 0.15) is 0 Å². The summed E-state index contributed by atoms with van der Waals surface area (Å²) in [5.74, 6) is 0.392. The standard InChI is InChI=1S/C25H21N5O3S/c26-23(32)21-14-30(19-12-6-7-13-20(19)33-21)22(31)15-34-25-28-18-11-5-4-10-17(18)24(29-25)27-16-8-2-1-3-9-16/h1-13,21H,14-15H2,(H2,26,32)(H,27,28,29)/t21-/m1/s1. The molecule has 0 aliphatic carbocycles. The average Bonchev–Trinajstić information content (AvgIpc) is 2.87. The van der Waals surface area contributed by atoms with E-state index in [4.69, 9.17) is 10.5 Å². The van der Waals surface area contributed by atoms with Gasteiger partial charge in [-0.05, 0) is 36.4 Å². The molecule has 170 valence electrons. The molecule has 3 aromatic carbocycles. The zero-order valence-corrected chi connectivity index (χ0v) is 18.9. The van der Waals surface area contributed by atoms with E-state index in [1.54, 1.807) is 18.2 Å². The first-order valence-corrected chi connectivity index (χ1v) is 11.6. The topological polar surface area (TPSA) is 110 Å². The normalized spacial score (nSPS) is 14.8. The minimum atomic E-state index is -0.901. The van der Waals surface area contributed by atoms with Crippen molar-refractivity contribution in [1.29, 1.82) is 0 Å². The molecule has 34 heavy (non-hydrogen) atoms. The fraction of sp³-hybridized carbons (Fsp3) is 0.120. The van der Waals surface area contributed by atoms with Crippen molar-refractivity contribution in [1.82, 2.24) is 9.97 Å². The molecule has 2 heterocycles. The Morgan fingerprint density at radius 2 is 1.74 bits per heavy atom. The monoisotopic (exact) mass is 471 g/mol. The largest absolute Gasteiger partial charge is 0.477 e. The molecule has 2 amide bonds. The third kappa shape index (κ3) is 4.51. The van der Waals surface area contributed by atoms with Crippen LogP contribution in [-0.4, -0.2) is 40.2 Å². The molecule has 1 aromatic heterocycles. The van der Waals surface area contributed by atoms with E-state index in [1.165, 1.54) is 16.7 Å². The van der Waals surface area contributed by atoms with Crippen molar-refractivity contribution in [3.63, 3.8) is 0 Å². The quantitative estimate of drug-likeness (QED) is 0.325. The van der Waals surface area contributed by atoms with Gasteiger partial charge in [0.05, 0.1) is 23.5 Å². The van der Waals surface area contributed by atoms with Crippen LogP contribution in [0.5, 0.6) is 5.75 Å². The Labute approximate surface area is 200 Å². The zero-order chi connectivity index (χ0) is 23.5. The predicted octanol–water partition coefficient (Wildman–Crippen LogP) is 3.75. The number of carbonyl (C=O) groups excluding carboxylic acids is 2. The summed E-state index contributed by atoms with van der Waals surface area (Å²) in [5.41, 5.74) is 7.74. The molecular weight excluding hydrogens is 450 g/mol. The molecule has 4 aromatic rings. The maximum absolute atomic E-state index is 13.2. The molecule has 0 spiro atoms. The van der Waals surface area contributed by atoms with Crippen molar-refractivity contribution in [3.8, 4) is 5.75 Å². The highest BCUT2D eigenvalue weighted by Crippen LogP contribution is 2.34. The minimum absolute atomic E-state index is 0.0606. The summed E-state index contributed by atoms with van der Waals surface area (Å²) in [6.07, 6.45) is -0.901. The minimum Gasteiger partial charge on any atom is -0.477 e. The number of para-hydroxylation sites is 4. The molecule has 5 rings (SSSR count). The molecule has 0 saturated heterocycles. The van der Waals surface area contributed by atoms with Crippen molar-refractivity contribution in [2.75, 3.05) is 22.5 Å². The van der Waals surface area contributed by atoms with Crippen LogP contribution in [-0.2, 0) is 9.59 Å². The number of fused-ring (bicyclic) bond motifs is 2. The van der Waals surface area contributed by atoms with E-state index in [-0.39, 0.29) is 18.2 Å². The molecule has 0 fully saturated rings. The number of anilines is 3. The third-order valence-electron chi connectivity index (χ3n) is 5.34. The number of thioether (sulfide) groups is 1. The Morgan fingerprint density at radius 3 is 2.56 bits per heavy atom. The maximum atomic E-state index is 13.2. The highest BCUT2D eigenvalue weighted by Gasteiger charge is 2.32. The summed E-state index contributed by atoms with van der Waals surface area (Å²) in [6.45, 7) is 0.0606. The van der Waals surface area contributed by atoms with Crippen LogP contribution in [0.15, 0.2) is 84.0 Å². The Morgan fingerprint density at radius 1 is 1.00 bits per heavy atom. The summed E-state index contributed by atoms with van der Waals surface area (Å²) in [7, 11) is 0. The van der Waals surface area contributed by atoms with Gasteiger partial charge in [-0.3, -0.25) is 9.59 Å². The lowest BCUT2D eigenvalue weighted by Crippen LogP contribution is -2.49. The predicted molar refractivity (Wildman–Crippen MR) is 132 cm³/mol. The third-order valence-corrected chi connectivity index (χ3v) is 6.17. The van der Waals surface area contributed by atoms with Crippen LogP contribution in [0.25, 0.3) is 10.9 Å². The first-order valence-electron chi connectivity index (χ1n) is 10.7.